The standard InChI is InChI=1S/C13H24N2O3/c1-8(2)11(7-12(16)17)15-13(18)9-3-5-10(14)6-4-9/h8-11H,3-7,14H2,1-2H3,(H,15,18)(H,16,17). The number of rotatable bonds is 5. The zero-order valence-corrected chi connectivity index (χ0v) is 11.2. The van der Waals surface area contributed by atoms with Crippen molar-refractivity contribution in [3.8, 4) is 0 Å². The molecule has 0 bridgehead atoms. The van der Waals surface area contributed by atoms with Crippen molar-refractivity contribution < 1.29 is 14.7 Å². The molecule has 0 aromatic heterocycles. The molecule has 0 heterocycles. The molecule has 0 aromatic carbocycles. The van der Waals surface area contributed by atoms with E-state index >= 15 is 0 Å². The fraction of sp³-hybridized carbons (Fsp3) is 0.846. The number of carboxylic acids is 1. The third kappa shape index (κ3) is 4.64. The van der Waals surface area contributed by atoms with Gasteiger partial charge in [0.2, 0.25) is 5.91 Å². The summed E-state index contributed by atoms with van der Waals surface area (Å²) in [6.45, 7) is 3.84. The molecule has 1 unspecified atom stereocenters. The molecule has 1 amide bonds. The summed E-state index contributed by atoms with van der Waals surface area (Å²) in [6, 6.07) is -0.0698. The number of aliphatic carboxylic acids is 1. The van der Waals surface area contributed by atoms with E-state index < -0.39 is 5.97 Å². The molecule has 0 aliphatic heterocycles. The second kappa shape index (κ2) is 6.73. The van der Waals surface area contributed by atoms with E-state index in [9.17, 15) is 9.59 Å². The molecule has 1 fully saturated rings. The van der Waals surface area contributed by atoms with Gasteiger partial charge in [-0.2, -0.15) is 0 Å². The lowest BCUT2D eigenvalue weighted by Gasteiger charge is -2.28. The van der Waals surface area contributed by atoms with Gasteiger partial charge in [-0.05, 0) is 31.6 Å². The quantitative estimate of drug-likeness (QED) is 0.687. The Kier molecular flexibility index (Phi) is 5.59. The van der Waals surface area contributed by atoms with Crippen LogP contribution < -0.4 is 11.1 Å². The average molecular weight is 256 g/mol. The van der Waals surface area contributed by atoms with Crippen molar-refractivity contribution in [1.82, 2.24) is 5.32 Å². The summed E-state index contributed by atoms with van der Waals surface area (Å²) in [6.07, 6.45) is 3.36. The molecular formula is C13H24N2O3. The van der Waals surface area contributed by atoms with Crippen LogP contribution in [0.4, 0.5) is 0 Å². The fourth-order valence-corrected chi connectivity index (χ4v) is 2.32. The monoisotopic (exact) mass is 256 g/mol. The summed E-state index contributed by atoms with van der Waals surface area (Å²) in [5, 5.41) is 11.7. The van der Waals surface area contributed by atoms with Gasteiger partial charge in [-0.25, -0.2) is 0 Å². The molecule has 18 heavy (non-hydrogen) atoms. The lowest BCUT2D eigenvalue weighted by atomic mass is 9.85. The number of hydrogen-bond donors (Lipinski definition) is 3. The summed E-state index contributed by atoms with van der Waals surface area (Å²) >= 11 is 0. The van der Waals surface area contributed by atoms with Gasteiger partial charge >= 0.3 is 5.97 Å². The first-order valence-electron chi connectivity index (χ1n) is 6.68. The van der Waals surface area contributed by atoms with Crippen molar-refractivity contribution in [3.63, 3.8) is 0 Å². The third-order valence-corrected chi connectivity index (χ3v) is 3.67. The predicted molar refractivity (Wildman–Crippen MR) is 69.0 cm³/mol. The van der Waals surface area contributed by atoms with Crippen molar-refractivity contribution in [1.29, 1.82) is 0 Å². The minimum Gasteiger partial charge on any atom is -0.481 e. The van der Waals surface area contributed by atoms with Gasteiger partial charge < -0.3 is 16.2 Å². The van der Waals surface area contributed by atoms with Crippen LogP contribution in [0.5, 0.6) is 0 Å². The summed E-state index contributed by atoms with van der Waals surface area (Å²) in [4.78, 5) is 22.8. The Bertz CT molecular complexity index is 297. The van der Waals surface area contributed by atoms with Crippen molar-refractivity contribution in [2.75, 3.05) is 0 Å². The summed E-state index contributed by atoms with van der Waals surface area (Å²) < 4.78 is 0. The van der Waals surface area contributed by atoms with Crippen molar-refractivity contribution in [2.45, 2.75) is 58.0 Å². The van der Waals surface area contributed by atoms with Crippen LogP contribution in [0.1, 0.15) is 46.0 Å². The van der Waals surface area contributed by atoms with Gasteiger partial charge in [-0.15, -0.1) is 0 Å². The van der Waals surface area contributed by atoms with E-state index in [2.05, 4.69) is 5.32 Å². The highest BCUT2D eigenvalue weighted by Gasteiger charge is 2.27. The zero-order chi connectivity index (χ0) is 13.7. The second-order valence-corrected chi connectivity index (χ2v) is 5.57. The van der Waals surface area contributed by atoms with Crippen LogP contribution >= 0.6 is 0 Å². The van der Waals surface area contributed by atoms with E-state index in [0.29, 0.717) is 0 Å². The highest BCUT2D eigenvalue weighted by Crippen LogP contribution is 2.23. The van der Waals surface area contributed by atoms with E-state index in [0.717, 1.165) is 25.7 Å². The molecule has 5 heteroatoms. The molecule has 104 valence electrons. The maximum atomic E-state index is 12.1. The van der Waals surface area contributed by atoms with Gasteiger partial charge in [-0.3, -0.25) is 9.59 Å². The molecule has 1 saturated carbocycles. The van der Waals surface area contributed by atoms with Crippen LogP contribution in [-0.2, 0) is 9.59 Å². The number of nitrogens with two attached hydrogens (primary N) is 1. The first-order valence-corrected chi connectivity index (χ1v) is 6.68. The Morgan fingerprint density at radius 3 is 2.28 bits per heavy atom. The van der Waals surface area contributed by atoms with Gasteiger partial charge in [-0.1, -0.05) is 13.8 Å². The normalized spacial score (nSPS) is 25.8. The third-order valence-electron chi connectivity index (χ3n) is 3.67. The molecule has 1 rings (SSSR count). The average Bonchev–Trinajstić information content (AvgIpc) is 2.28. The number of hydrogen-bond acceptors (Lipinski definition) is 3. The Morgan fingerprint density at radius 2 is 1.83 bits per heavy atom. The van der Waals surface area contributed by atoms with E-state index in [4.69, 9.17) is 10.8 Å². The van der Waals surface area contributed by atoms with E-state index in [-0.39, 0.29) is 36.2 Å². The second-order valence-electron chi connectivity index (χ2n) is 5.57. The first-order chi connectivity index (χ1) is 8.40. The van der Waals surface area contributed by atoms with E-state index in [1.165, 1.54) is 0 Å². The Balaban J connectivity index is 2.48. The smallest absolute Gasteiger partial charge is 0.305 e. The minimum absolute atomic E-state index is 0.000144. The highest BCUT2D eigenvalue weighted by molar-refractivity contribution is 5.80. The number of carbonyl (C=O) groups excluding carboxylic acids is 1. The van der Waals surface area contributed by atoms with Crippen LogP contribution in [0.15, 0.2) is 0 Å². The molecule has 1 atom stereocenters. The van der Waals surface area contributed by atoms with E-state index in [1.54, 1.807) is 0 Å². The molecule has 1 aliphatic carbocycles. The van der Waals surface area contributed by atoms with Crippen molar-refractivity contribution in [3.05, 3.63) is 0 Å². The molecule has 4 N–H and O–H groups in total. The summed E-state index contributed by atoms with van der Waals surface area (Å²) in [5.74, 6) is -0.766. The van der Waals surface area contributed by atoms with Gasteiger partial charge in [0.1, 0.15) is 0 Å². The van der Waals surface area contributed by atoms with Crippen LogP contribution in [0.3, 0.4) is 0 Å². The van der Waals surface area contributed by atoms with Crippen LogP contribution in [0.25, 0.3) is 0 Å². The lowest BCUT2D eigenvalue weighted by Crippen LogP contribution is -2.44. The number of nitrogens with one attached hydrogen (secondary N) is 1. The first kappa shape index (κ1) is 15.0. The number of carbonyl (C=O) groups is 2. The summed E-state index contributed by atoms with van der Waals surface area (Å²) in [7, 11) is 0. The molecule has 5 nitrogen and oxygen atoms in total. The Labute approximate surface area is 108 Å². The maximum Gasteiger partial charge on any atom is 0.305 e. The van der Waals surface area contributed by atoms with Crippen molar-refractivity contribution in [2.24, 2.45) is 17.6 Å². The highest BCUT2D eigenvalue weighted by atomic mass is 16.4. The van der Waals surface area contributed by atoms with Crippen molar-refractivity contribution >= 4 is 11.9 Å². The molecule has 0 radical (unpaired) electrons. The van der Waals surface area contributed by atoms with Crippen LogP contribution in [0, 0.1) is 11.8 Å². The topological polar surface area (TPSA) is 92.4 Å². The lowest BCUT2D eigenvalue weighted by molar-refractivity contribution is -0.138. The summed E-state index contributed by atoms with van der Waals surface area (Å²) in [5.41, 5.74) is 5.80. The van der Waals surface area contributed by atoms with Gasteiger partial charge in [0.25, 0.3) is 0 Å². The van der Waals surface area contributed by atoms with Gasteiger partial charge in [0.05, 0.1) is 6.42 Å². The molecule has 1 aliphatic rings. The fourth-order valence-electron chi connectivity index (χ4n) is 2.32. The molecule has 0 aromatic rings. The zero-order valence-electron chi connectivity index (χ0n) is 11.2. The largest absolute Gasteiger partial charge is 0.481 e. The number of amides is 1. The SMILES string of the molecule is CC(C)C(CC(=O)O)NC(=O)C1CCC(N)CC1. The number of carboxylic acid groups (broad SMARTS) is 1. The minimum atomic E-state index is -0.875. The Morgan fingerprint density at radius 1 is 1.28 bits per heavy atom. The molecule has 0 saturated heterocycles. The van der Waals surface area contributed by atoms with Gasteiger partial charge in [0.15, 0.2) is 0 Å². The molecule has 0 spiro atoms. The van der Waals surface area contributed by atoms with Gasteiger partial charge in [0, 0.05) is 18.0 Å². The van der Waals surface area contributed by atoms with E-state index in [1.807, 2.05) is 13.8 Å². The Hall–Kier alpha value is -1.10. The van der Waals surface area contributed by atoms with Crippen LogP contribution in [0.2, 0.25) is 0 Å². The predicted octanol–water partition coefficient (Wildman–Crippen LogP) is 1.12. The maximum absolute atomic E-state index is 12.1. The molecular weight excluding hydrogens is 232 g/mol. The van der Waals surface area contributed by atoms with Crippen LogP contribution in [-0.4, -0.2) is 29.1 Å².